The highest BCUT2D eigenvalue weighted by Crippen LogP contribution is 2.19. The Kier molecular flexibility index (Phi) is 6.18. The van der Waals surface area contributed by atoms with Gasteiger partial charge in [-0.2, -0.15) is 4.72 Å². The molecule has 3 aromatic rings. The maximum Gasteiger partial charge on any atom is 0.244 e. The van der Waals surface area contributed by atoms with E-state index in [0.717, 1.165) is 22.6 Å². The van der Waals surface area contributed by atoms with Gasteiger partial charge in [-0.1, -0.05) is 42.5 Å². The summed E-state index contributed by atoms with van der Waals surface area (Å²) in [6.07, 6.45) is 1.71. The number of sulfonamides is 1. The van der Waals surface area contributed by atoms with Gasteiger partial charge in [0.15, 0.2) is 5.13 Å². The van der Waals surface area contributed by atoms with Crippen LogP contribution in [0.5, 0.6) is 0 Å². The molecule has 6 nitrogen and oxygen atoms in total. The molecule has 1 atom stereocenters. The zero-order chi connectivity index (χ0) is 20.1. The van der Waals surface area contributed by atoms with Crippen molar-refractivity contribution in [1.82, 2.24) is 9.71 Å². The van der Waals surface area contributed by atoms with Crippen molar-refractivity contribution in [2.75, 3.05) is 5.32 Å². The first kappa shape index (κ1) is 20.1. The van der Waals surface area contributed by atoms with Crippen LogP contribution in [0.15, 0.2) is 65.7 Å². The molecule has 9 heteroatoms. The zero-order valence-electron chi connectivity index (χ0n) is 14.9. The van der Waals surface area contributed by atoms with E-state index in [4.69, 9.17) is 0 Å². The number of halogens is 1. The summed E-state index contributed by atoms with van der Waals surface area (Å²) in [6, 6.07) is 12.8. The molecule has 0 fully saturated rings. The summed E-state index contributed by atoms with van der Waals surface area (Å²) in [7, 11) is -4.25. The number of hydrogen-bond donors (Lipinski definition) is 2. The van der Waals surface area contributed by atoms with Gasteiger partial charge in [-0.3, -0.25) is 4.79 Å². The number of carbonyl (C=O) groups excluding carboxylic acids is 1. The Hall–Kier alpha value is -2.62. The Morgan fingerprint density at radius 2 is 1.82 bits per heavy atom. The van der Waals surface area contributed by atoms with Crippen LogP contribution in [-0.2, 0) is 21.2 Å². The summed E-state index contributed by atoms with van der Waals surface area (Å²) < 4.78 is 41.6. The summed E-state index contributed by atoms with van der Waals surface area (Å²) in [5.41, 5.74) is 0.759. The second-order valence-corrected chi connectivity index (χ2v) is 8.98. The second-order valence-electron chi connectivity index (χ2n) is 6.06. The van der Waals surface area contributed by atoms with Gasteiger partial charge in [0.1, 0.15) is 16.8 Å². The first-order valence-electron chi connectivity index (χ1n) is 8.39. The highest BCUT2D eigenvalue weighted by molar-refractivity contribution is 7.89. The van der Waals surface area contributed by atoms with Gasteiger partial charge in [0.25, 0.3) is 0 Å². The van der Waals surface area contributed by atoms with E-state index < -0.39 is 32.7 Å². The molecule has 0 spiro atoms. The molecule has 0 aliphatic carbocycles. The predicted molar refractivity (Wildman–Crippen MR) is 106 cm³/mol. The minimum atomic E-state index is -4.25. The van der Waals surface area contributed by atoms with Gasteiger partial charge < -0.3 is 5.32 Å². The summed E-state index contributed by atoms with van der Waals surface area (Å²) in [6.45, 7) is 1.84. The Balaban J connectivity index is 1.87. The van der Waals surface area contributed by atoms with E-state index in [2.05, 4.69) is 15.0 Å². The van der Waals surface area contributed by atoms with Crippen molar-refractivity contribution in [2.24, 2.45) is 0 Å². The zero-order valence-corrected chi connectivity index (χ0v) is 16.6. The Labute approximate surface area is 166 Å². The number of aromatic nitrogens is 1. The molecular formula is C19H18FN3O3S2. The van der Waals surface area contributed by atoms with Crippen molar-refractivity contribution in [3.63, 3.8) is 0 Å². The maximum absolute atomic E-state index is 14.0. The fraction of sp³-hybridized carbons (Fsp3) is 0.158. The van der Waals surface area contributed by atoms with Crippen LogP contribution in [0.25, 0.3) is 0 Å². The van der Waals surface area contributed by atoms with Gasteiger partial charge in [0.05, 0.1) is 0 Å². The van der Waals surface area contributed by atoms with Gasteiger partial charge in [0.2, 0.25) is 15.9 Å². The number of hydrogen-bond acceptors (Lipinski definition) is 5. The lowest BCUT2D eigenvalue weighted by molar-refractivity contribution is -0.117. The third-order valence-electron chi connectivity index (χ3n) is 3.87. The number of aryl methyl sites for hydroxylation is 1. The molecule has 0 bridgehead atoms. The lowest BCUT2D eigenvalue weighted by Crippen LogP contribution is -2.45. The van der Waals surface area contributed by atoms with Gasteiger partial charge in [-0.25, -0.2) is 17.8 Å². The number of nitrogens with one attached hydrogen (secondary N) is 2. The Bertz CT molecular complexity index is 1070. The van der Waals surface area contributed by atoms with Crippen molar-refractivity contribution < 1.29 is 17.6 Å². The third-order valence-corrected chi connectivity index (χ3v) is 6.21. The van der Waals surface area contributed by atoms with E-state index >= 15 is 0 Å². The van der Waals surface area contributed by atoms with Crippen molar-refractivity contribution in [1.29, 1.82) is 0 Å². The third kappa shape index (κ3) is 5.00. The van der Waals surface area contributed by atoms with Crippen molar-refractivity contribution in [2.45, 2.75) is 24.3 Å². The predicted octanol–water partition coefficient (Wildman–Crippen LogP) is 3.12. The van der Waals surface area contributed by atoms with Crippen molar-refractivity contribution in [3.05, 3.63) is 77.1 Å². The molecule has 2 aromatic carbocycles. The van der Waals surface area contributed by atoms with Gasteiger partial charge in [-0.15, -0.1) is 11.3 Å². The van der Waals surface area contributed by atoms with Crippen LogP contribution in [0.1, 0.15) is 10.4 Å². The van der Waals surface area contributed by atoms with Crippen LogP contribution in [0, 0.1) is 12.7 Å². The van der Waals surface area contributed by atoms with E-state index in [1.807, 2.05) is 13.0 Å². The van der Waals surface area contributed by atoms with Crippen LogP contribution in [-0.4, -0.2) is 25.4 Å². The average molecular weight is 420 g/mol. The highest BCUT2D eigenvalue weighted by atomic mass is 32.2. The van der Waals surface area contributed by atoms with Crippen LogP contribution in [0.3, 0.4) is 0 Å². The molecule has 0 radical (unpaired) electrons. The number of nitrogens with zero attached hydrogens (tertiary/aromatic N) is 1. The van der Waals surface area contributed by atoms with E-state index in [0.29, 0.717) is 5.13 Å². The number of benzene rings is 2. The van der Waals surface area contributed by atoms with Crippen LogP contribution in [0.2, 0.25) is 0 Å². The standard InChI is InChI=1S/C19H18FN3O3S2/c1-13-12-21-19(27-13)22-18(24)16(11-14-7-3-2-4-8-14)23-28(25,26)17-10-6-5-9-15(17)20/h2-10,12,16,23H,11H2,1H3,(H,21,22,24)/t16-/m0/s1. The number of thiazole rings is 1. The molecule has 3 rings (SSSR count). The largest absolute Gasteiger partial charge is 0.301 e. The van der Waals surface area contributed by atoms with Gasteiger partial charge >= 0.3 is 0 Å². The Morgan fingerprint density at radius 1 is 1.14 bits per heavy atom. The highest BCUT2D eigenvalue weighted by Gasteiger charge is 2.28. The van der Waals surface area contributed by atoms with E-state index in [9.17, 15) is 17.6 Å². The lowest BCUT2D eigenvalue weighted by Gasteiger charge is -2.18. The molecule has 0 unspecified atom stereocenters. The summed E-state index contributed by atoms with van der Waals surface area (Å²) in [5, 5.41) is 2.99. The summed E-state index contributed by atoms with van der Waals surface area (Å²) >= 11 is 1.28. The van der Waals surface area contributed by atoms with E-state index in [-0.39, 0.29) is 6.42 Å². The summed E-state index contributed by atoms with van der Waals surface area (Å²) in [5.74, 6) is -1.46. The van der Waals surface area contributed by atoms with E-state index in [1.54, 1.807) is 30.5 Å². The molecule has 0 aliphatic heterocycles. The lowest BCUT2D eigenvalue weighted by atomic mass is 10.1. The molecule has 0 aliphatic rings. The molecule has 2 N–H and O–H groups in total. The van der Waals surface area contributed by atoms with Crippen LogP contribution < -0.4 is 10.0 Å². The van der Waals surface area contributed by atoms with Crippen LogP contribution in [0.4, 0.5) is 9.52 Å². The molecule has 28 heavy (non-hydrogen) atoms. The first-order valence-corrected chi connectivity index (χ1v) is 10.7. The fourth-order valence-corrected chi connectivity index (χ4v) is 4.50. The number of amides is 1. The fourth-order valence-electron chi connectivity index (χ4n) is 2.56. The quantitative estimate of drug-likeness (QED) is 0.616. The SMILES string of the molecule is Cc1cnc(NC(=O)[C@H](Cc2ccccc2)NS(=O)(=O)c2ccccc2F)s1. The van der Waals surface area contributed by atoms with Crippen LogP contribution >= 0.6 is 11.3 Å². The molecule has 0 saturated carbocycles. The molecule has 1 heterocycles. The molecule has 1 aromatic heterocycles. The Morgan fingerprint density at radius 3 is 2.46 bits per heavy atom. The normalized spacial score (nSPS) is 12.5. The monoisotopic (exact) mass is 419 g/mol. The van der Waals surface area contributed by atoms with Crippen molar-refractivity contribution >= 4 is 32.4 Å². The van der Waals surface area contributed by atoms with Gasteiger partial charge in [-0.05, 0) is 31.0 Å². The minimum absolute atomic E-state index is 0.102. The number of anilines is 1. The molecular weight excluding hydrogens is 401 g/mol. The molecule has 1 amide bonds. The smallest absolute Gasteiger partial charge is 0.244 e. The maximum atomic E-state index is 14.0. The molecule has 0 saturated heterocycles. The topological polar surface area (TPSA) is 88.2 Å². The second kappa shape index (κ2) is 8.59. The molecule has 146 valence electrons. The summed E-state index contributed by atoms with van der Waals surface area (Å²) in [4.78, 5) is 17.2. The first-order chi connectivity index (χ1) is 13.3. The number of rotatable bonds is 7. The van der Waals surface area contributed by atoms with Gasteiger partial charge in [0, 0.05) is 11.1 Å². The average Bonchev–Trinajstić information content (AvgIpc) is 3.07. The van der Waals surface area contributed by atoms with Crippen molar-refractivity contribution in [3.8, 4) is 0 Å². The van der Waals surface area contributed by atoms with E-state index in [1.165, 1.54) is 23.5 Å². The number of carbonyl (C=O) groups is 1. The minimum Gasteiger partial charge on any atom is -0.301 e.